The number of rotatable bonds is 9. The van der Waals surface area contributed by atoms with Gasteiger partial charge < -0.3 is 9.33 Å². The van der Waals surface area contributed by atoms with Crippen molar-refractivity contribution in [2.45, 2.75) is 45.3 Å². The van der Waals surface area contributed by atoms with Crippen molar-refractivity contribution in [1.82, 2.24) is 4.98 Å². The van der Waals surface area contributed by atoms with Gasteiger partial charge in [-0.15, -0.1) is 20.5 Å². The number of hydrogen-bond donors (Lipinski definition) is 0. The van der Waals surface area contributed by atoms with Gasteiger partial charge in [0.25, 0.3) is 0 Å². The summed E-state index contributed by atoms with van der Waals surface area (Å²) in [5, 5.41) is 19.1. The van der Waals surface area contributed by atoms with Crippen molar-refractivity contribution in [3.8, 4) is 0 Å². The predicted molar refractivity (Wildman–Crippen MR) is 160 cm³/mol. The highest BCUT2D eigenvalue weighted by Gasteiger charge is 2.36. The summed E-state index contributed by atoms with van der Waals surface area (Å²) in [6.45, 7) is 12.1. The molecule has 0 unspecified atom stereocenters. The van der Waals surface area contributed by atoms with Gasteiger partial charge in [-0.3, -0.25) is 0 Å². The molecule has 2 heterocycles. The zero-order valence-corrected chi connectivity index (χ0v) is 25.2. The number of benzene rings is 2. The van der Waals surface area contributed by atoms with E-state index in [1.165, 1.54) is 28.2 Å². The van der Waals surface area contributed by atoms with Gasteiger partial charge in [-0.25, -0.2) is 4.98 Å². The van der Waals surface area contributed by atoms with Gasteiger partial charge >= 0.3 is 0 Å². The second-order valence-electron chi connectivity index (χ2n) is 10.6. The Labute approximate surface area is 228 Å². The van der Waals surface area contributed by atoms with E-state index in [0.717, 1.165) is 44.6 Å². The molecule has 4 aromatic rings. The third kappa shape index (κ3) is 7.16. The Hall–Kier alpha value is -2.79. The fourth-order valence-corrected chi connectivity index (χ4v) is 6.09. The van der Waals surface area contributed by atoms with Gasteiger partial charge in [0.1, 0.15) is 9.83 Å². The highest BCUT2D eigenvalue weighted by molar-refractivity contribution is 7.30. The molecule has 0 fully saturated rings. The lowest BCUT2D eigenvalue weighted by Crippen LogP contribution is -2.41. The molecule has 4 rings (SSSR count). The number of anilines is 1. The molecule has 37 heavy (non-hydrogen) atoms. The summed E-state index contributed by atoms with van der Waals surface area (Å²) in [6, 6.07) is 18.1. The number of azo groups is 2. The Bertz CT molecular complexity index is 1350. The number of aromatic nitrogens is 1. The van der Waals surface area contributed by atoms with Crippen molar-refractivity contribution in [2.24, 2.45) is 20.5 Å². The van der Waals surface area contributed by atoms with E-state index in [9.17, 15) is 0 Å². The summed E-state index contributed by atoms with van der Waals surface area (Å²) in [5.74, 6) is 0. The maximum atomic E-state index is 6.29. The minimum atomic E-state index is -1.71. The number of fused-ring (bicyclic) bond motifs is 1. The molecule has 0 aliphatic rings. The van der Waals surface area contributed by atoms with Crippen LogP contribution in [0, 0.1) is 0 Å². The minimum Gasteiger partial charge on any atom is -0.416 e. The first-order chi connectivity index (χ1) is 17.5. The van der Waals surface area contributed by atoms with E-state index in [1.807, 2.05) is 61.5 Å². The van der Waals surface area contributed by atoms with Crippen LogP contribution in [-0.4, -0.2) is 34.0 Å². The lowest BCUT2D eigenvalue weighted by Gasteiger charge is -2.36. The fourth-order valence-electron chi connectivity index (χ4n) is 3.20. The highest BCUT2D eigenvalue weighted by atomic mass is 32.1. The Morgan fingerprint density at radius 2 is 1.49 bits per heavy atom. The second kappa shape index (κ2) is 11.3. The average molecular weight is 551 g/mol. The molecule has 10 heteroatoms. The Kier molecular flexibility index (Phi) is 8.32. The maximum absolute atomic E-state index is 6.29. The zero-order chi connectivity index (χ0) is 26.6. The largest absolute Gasteiger partial charge is 0.416 e. The predicted octanol–water partition coefficient (Wildman–Crippen LogP) is 9.82. The molecule has 0 saturated carbocycles. The average Bonchev–Trinajstić information content (AvgIpc) is 3.40. The van der Waals surface area contributed by atoms with Crippen LogP contribution in [-0.2, 0) is 10.8 Å². The molecule has 0 bridgehead atoms. The number of hydrogen-bond acceptors (Lipinski definition) is 9. The van der Waals surface area contributed by atoms with E-state index < -0.39 is 8.32 Å². The molecule has 2 aromatic carbocycles. The van der Waals surface area contributed by atoms with E-state index in [4.69, 9.17) is 4.43 Å². The van der Waals surface area contributed by atoms with Crippen molar-refractivity contribution >= 4 is 67.7 Å². The van der Waals surface area contributed by atoms with E-state index in [0.29, 0.717) is 5.13 Å². The van der Waals surface area contributed by atoms with E-state index >= 15 is 0 Å². The summed E-state index contributed by atoms with van der Waals surface area (Å²) >= 11 is 3.00. The molecule has 0 radical (unpaired) electrons. The number of thiazole rings is 1. The quantitative estimate of drug-likeness (QED) is 0.154. The van der Waals surface area contributed by atoms with Crippen LogP contribution < -0.4 is 4.90 Å². The Morgan fingerprint density at radius 1 is 0.865 bits per heavy atom. The molecule has 0 amide bonds. The Balaban J connectivity index is 1.32. The molecule has 2 aromatic heterocycles. The lowest BCUT2D eigenvalue weighted by atomic mass is 10.1. The first-order valence-corrected chi connectivity index (χ1v) is 16.8. The van der Waals surface area contributed by atoms with Crippen molar-refractivity contribution in [2.75, 3.05) is 25.6 Å². The van der Waals surface area contributed by atoms with Gasteiger partial charge in [-0.1, -0.05) is 55.6 Å². The van der Waals surface area contributed by atoms with Crippen LogP contribution in [0.25, 0.3) is 9.53 Å². The summed E-state index contributed by atoms with van der Waals surface area (Å²) in [7, 11) is 2.31. The zero-order valence-electron chi connectivity index (χ0n) is 22.5. The van der Waals surface area contributed by atoms with Crippen molar-refractivity contribution in [1.29, 1.82) is 0 Å². The standard InChI is InChI=1S/C27H34N6OS2Si/c1-27(2,3)37(6,7)34-17-16-19-8-10-20(11-9-19)29-31-24-18-23-25(36-24)28-26(35-23)32-30-21-12-14-22(15-13-21)33(4)5/h8-15,18H,16-17H2,1-7H3. The summed E-state index contributed by atoms with van der Waals surface area (Å²) in [6.07, 6.45) is 0.901. The summed E-state index contributed by atoms with van der Waals surface area (Å²) < 4.78 is 7.33. The summed E-state index contributed by atoms with van der Waals surface area (Å²) in [5.41, 5.74) is 3.99. The van der Waals surface area contributed by atoms with E-state index in [2.05, 4.69) is 71.4 Å². The van der Waals surface area contributed by atoms with Crippen molar-refractivity contribution in [3.05, 3.63) is 60.2 Å². The maximum Gasteiger partial charge on any atom is 0.231 e. The highest BCUT2D eigenvalue weighted by Crippen LogP contribution is 2.39. The van der Waals surface area contributed by atoms with Crippen LogP contribution in [0.1, 0.15) is 26.3 Å². The third-order valence-corrected chi connectivity index (χ3v) is 13.0. The van der Waals surface area contributed by atoms with Gasteiger partial charge in [0.05, 0.1) is 16.1 Å². The molecule has 0 atom stereocenters. The van der Waals surface area contributed by atoms with Crippen LogP contribution in [0.3, 0.4) is 0 Å². The lowest BCUT2D eigenvalue weighted by molar-refractivity contribution is 0.292. The molecular weight excluding hydrogens is 517 g/mol. The molecule has 0 N–H and O–H groups in total. The van der Waals surface area contributed by atoms with Gasteiger partial charge in [0.15, 0.2) is 8.32 Å². The molecule has 194 valence electrons. The van der Waals surface area contributed by atoms with Crippen molar-refractivity contribution in [3.63, 3.8) is 0 Å². The molecule has 7 nitrogen and oxygen atoms in total. The number of nitrogens with zero attached hydrogens (tertiary/aromatic N) is 6. The number of thiophene rings is 1. The third-order valence-electron chi connectivity index (χ3n) is 6.54. The molecule has 0 aliphatic heterocycles. The van der Waals surface area contributed by atoms with Gasteiger partial charge in [0, 0.05) is 26.4 Å². The molecule has 0 aliphatic carbocycles. The first-order valence-electron chi connectivity index (χ1n) is 12.2. The normalized spacial score (nSPS) is 12.8. The van der Waals surface area contributed by atoms with Crippen LogP contribution in [0.5, 0.6) is 0 Å². The molecule has 0 saturated heterocycles. The topological polar surface area (TPSA) is 74.8 Å². The van der Waals surface area contributed by atoms with Crippen molar-refractivity contribution < 1.29 is 4.43 Å². The van der Waals surface area contributed by atoms with Gasteiger partial charge in [-0.05, 0) is 72.6 Å². The van der Waals surface area contributed by atoms with Crippen LogP contribution >= 0.6 is 22.7 Å². The van der Waals surface area contributed by atoms with Crippen LogP contribution in [0.2, 0.25) is 18.1 Å². The minimum absolute atomic E-state index is 0.230. The Morgan fingerprint density at radius 3 is 2.08 bits per heavy atom. The molecule has 0 spiro atoms. The fraction of sp³-hybridized carbons (Fsp3) is 0.370. The van der Waals surface area contributed by atoms with Crippen LogP contribution in [0.4, 0.5) is 27.2 Å². The molecular formula is C27H34N6OS2Si. The van der Waals surface area contributed by atoms with Gasteiger partial charge in [-0.2, -0.15) is 0 Å². The van der Waals surface area contributed by atoms with Gasteiger partial charge in [0.2, 0.25) is 5.13 Å². The van der Waals surface area contributed by atoms with Crippen LogP contribution in [0.15, 0.2) is 75.1 Å². The van der Waals surface area contributed by atoms with E-state index in [-0.39, 0.29) is 5.04 Å². The SMILES string of the molecule is CN(C)c1ccc(N=Nc2nc3sc(N=Nc4ccc(CCO[Si](C)(C)C(C)(C)C)cc4)cc3s2)cc1. The summed E-state index contributed by atoms with van der Waals surface area (Å²) in [4.78, 5) is 7.52. The second-order valence-corrected chi connectivity index (χ2v) is 17.4. The smallest absolute Gasteiger partial charge is 0.231 e. The first kappa shape index (κ1) is 27.2. The van der Waals surface area contributed by atoms with E-state index in [1.54, 1.807) is 0 Å². The monoisotopic (exact) mass is 550 g/mol.